The lowest BCUT2D eigenvalue weighted by Crippen LogP contribution is -2.06. The van der Waals surface area contributed by atoms with Crippen LogP contribution in [0.2, 0.25) is 0 Å². The van der Waals surface area contributed by atoms with Crippen LogP contribution in [0.25, 0.3) is 0 Å². The summed E-state index contributed by atoms with van der Waals surface area (Å²) < 4.78 is 0. The summed E-state index contributed by atoms with van der Waals surface area (Å²) in [5.41, 5.74) is 9.42. The molecule has 0 unspecified atom stereocenters. The van der Waals surface area contributed by atoms with E-state index in [1.165, 1.54) is 81.3 Å². The molecule has 0 aliphatic heterocycles. The third kappa shape index (κ3) is 6.25. The Labute approximate surface area is 230 Å². The van der Waals surface area contributed by atoms with E-state index in [1.54, 1.807) is 0 Å². The van der Waals surface area contributed by atoms with Crippen LogP contribution in [0, 0.1) is 0 Å². The highest BCUT2D eigenvalue weighted by atomic mass is 32.1. The summed E-state index contributed by atoms with van der Waals surface area (Å²) in [5, 5.41) is 9.26. The number of para-hydroxylation sites is 2. The van der Waals surface area contributed by atoms with Crippen molar-refractivity contribution in [2.24, 2.45) is 0 Å². The predicted octanol–water partition coefficient (Wildman–Crippen LogP) is 11.8. The SMILES string of the molecule is CC(C)c1cccc(C(C)C)c1Nc1cc(C2CCCCC2)sc1Nc1c(C(C)C)cccc1C(C)C. The van der Waals surface area contributed by atoms with Crippen LogP contribution in [0.4, 0.5) is 22.1 Å². The summed E-state index contributed by atoms with van der Waals surface area (Å²) in [6, 6.07) is 16.1. The molecule has 2 N–H and O–H groups in total. The van der Waals surface area contributed by atoms with E-state index in [4.69, 9.17) is 0 Å². The maximum Gasteiger partial charge on any atom is 0.117 e. The van der Waals surface area contributed by atoms with E-state index < -0.39 is 0 Å². The Morgan fingerprint density at radius 2 is 1.05 bits per heavy atom. The van der Waals surface area contributed by atoms with Gasteiger partial charge in [0.1, 0.15) is 5.00 Å². The van der Waals surface area contributed by atoms with Crippen molar-refractivity contribution >= 4 is 33.4 Å². The van der Waals surface area contributed by atoms with Gasteiger partial charge in [-0.15, -0.1) is 11.3 Å². The zero-order chi connectivity index (χ0) is 26.7. The molecule has 0 bridgehead atoms. The third-order valence-electron chi connectivity index (χ3n) is 8.00. The topological polar surface area (TPSA) is 24.1 Å². The van der Waals surface area contributed by atoms with Gasteiger partial charge in [-0.25, -0.2) is 0 Å². The van der Waals surface area contributed by atoms with E-state index in [9.17, 15) is 0 Å². The lowest BCUT2D eigenvalue weighted by molar-refractivity contribution is 0.448. The van der Waals surface area contributed by atoms with Gasteiger partial charge in [-0.1, -0.05) is 111 Å². The normalized spacial score (nSPS) is 14.8. The summed E-state index contributed by atoms with van der Waals surface area (Å²) in [5.74, 6) is 2.53. The molecule has 37 heavy (non-hydrogen) atoms. The number of hydrogen-bond donors (Lipinski definition) is 2. The van der Waals surface area contributed by atoms with Crippen molar-refractivity contribution in [3.63, 3.8) is 0 Å². The van der Waals surface area contributed by atoms with Crippen molar-refractivity contribution < 1.29 is 0 Å². The number of hydrogen-bond acceptors (Lipinski definition) is 3. The standard InChI is InChI=1S/C34H48N2S/c1-21(2)26-16-12-17-27(22(3)4)32(26)35-30-20-31(25-14-10-9-11-15-25)37-34(30)36-33-28(23(5)6)18-13-19-29(33)24(7)8/h12-13,16-25,35-36H,9-11,14-15H2,1-8H3. The first kappa shape index (κ1) is 27.8. The second kappa shape index (κ2) is 12.1. The van der Waals surface area contributed by atoms with E-state index in [-0.39, 0.29) is 0 Å². The highest BCUT2D eigenvalue weighted by molar-refractivity contribution is 7.17. The van der Waals surface area contributed by atoms with Crippen molar-refractivity contribution in [2.45, 2.75) is 117 Å². The van der Waals surface area contributed by atoms with Crippen LogP contribution >= 0.6 is 11.3 Å². The minimum absolute atomic E-state index is 0.461. The number of benzene rings is 2. The van der Waals surface area contributed by atoms with Crippen molar-refractivity contribution in [1.82, 2.24) is 0 Å². The van der Waals surface area contributed by atoms with Crippen LogP contribution in [0.5, 0.6) is 0 Å². The second-order valence-corrected chi connectivity index (χ2v) is 13.3. The molecule has 0 radical (unpaired) electrons. The molecule has 1 aliphatic rings. The van der Waals surface area contributed by atoms with Gasteiger partial charge in [0.05, 0.1) is 5.69 Å². The van der Waals surface area contributed by atoms with Gasteiger partial charge in [0.15, 0.2) is 0 Å². The van der Waals surface area contributed by atoms with Crippen LogP contribution in [0.3, 0.4) is 0 Å². The Kier molecular flexibility index (Phi) is 9.06. The van der Waals surface area contributed by atoms with Gasteiger partial charge in [0, 0.05) is 16.3 Å². The van der Waals surface area contributed by atoms with Crippen LogP contribution in [-0.2, 0) is 0 Å². The molecule has 2 aromatic carbocycles. The van der Waals surface area contributed by atoms with Gasteiger partial charge in [0.2, 0.25) is 0 Å². The van der Waals surface area contributed by atoms with Gasteiger partial charge in [0.25, 0.3) is 0 Å². The van der Waals surface area contributed by atoms with Crippen molar-refractivity contribution in [1.29, 1.82) is 0 Å². The van der Waals surface area contributed by atoms with Crippen molar-refractivity contribution in [2.75, 3.05) is 10.6 Å². The Morgan fingerprint density at radius 1 is 0.622 bits per heavy atom. The van der Waals surface area contributed by atoms with Crippen LogP contribution in [0.15, 0.2) is 42.5 Å². The summed E-state index contributed by atoms with van der Waals surface area (Å²) in [6.07, 6.45) is 6.74. The lowest BCUT2D eigenvalue weighted by atomic mass is 9.88. The molecule has 2 nitrogen and oxygen atoms in total. The maximum absolute atomic E-state index is 4.01. The van der Waals surface area contributed by atoms with E-state index in [0.29, 0.717) is 29.6 Å². The fraction of sp³-hybridized carbons (Fsp3) is 0.529. The molecule has 1 aliphatic carbocycles. The van der Waals surface area contributed by atoms with E-state index in [2.05, 4.69) is 108 Å². The summed E-state index contributed by atoms with van der Waals surface area (Å²) >= 11 is 1.98. The van der Waals surface area contributed by atoms with Gasteiger partial charge in [-0.05, 0) is 70.8 Å². The summed E-state index contributed by atoms with van der Waals surface area (Å²) in [4.78, 5) is 1.53. The van der Waals surface area contributed by atoms with E-state index in [0.717, 1.165) is 0 Å². The molecule has 0 atom stereocenters. The zero-order valence-corrected chi connectivity index (χ0v) is 25.2. The molecular formula is C34H48N2S. The minimum Gasteiger partial charge on any atom is -0.353 e. The number of rotatable bonds is 9. The summed E-state index contributed by atoms with van der Waals surface area (Å²) in [6.45, 7) is 18.4. The number of nitrogens with one attached hydrogen (secondary N) is 2. The number of thiophene rings is 1. The fourth-order valence-electron chi connectivity index (χ4n) is 5.82. The highest BCUT2D eigenvalue weighted by Gasteiger charge is 2.23. The molecule has 1 saturated carbocycles. The molecule has 3 aromatic rings. The monoisotopic (exact) mass is 516 g/mol. The van der Waals surface area contributed by atoms with Crippen LogP contribution in [-0.4, -0.2) is 0 Å². The minimum atomic E-state index is 0.461. The first-order chi connectivity index (χ1) is 17.7. The molecule has 4 rings (SSSR count). The second-order valence-electron chi connectivity index (χ2n) is 12.2. The smallest absolute Gasteiger partial charge is 0.117 e. The molecular weight excluding hydrogens is 468 g/mol. The molecule has 0 spiro atoms. The first-order valence-electron chi connectivity index (χ1n) is 14.6. The Balaban J connectivity index is 1.83. The van der Waals surface area contributed by atoms with Crippen LogP contribution in [0.1, 0.15) is 144 Å². The van der Waals surface area contributed by atoms with Gasteiger partial charge in [-0.3, -0.25) is 0 Å². The average Bonchev–Trinajstić information content (AvgIpc) is 3.26. The zero-order valence-electron chi connectivity index (χ0n) is 24.4. The summed E-state index contributed by atoms with van der Waals surface area (Å²) in [7, 11) is 0. The average molecular weight is 517 g/mol. The van der Waals surface area contributed by atoms with E-state index in [1.807, 2.05) is 11.3 Å². The fourth-order valence-corrected chi connectivity index (χ4v) is 7.01. The molecule has 3 heteroatoms. The Bertz CT molecular complexity index is 1040. The lowest BCUT2D eigenvalue weighted by Gasteiger charge is -2.23. The van der Waals surface area contributed by atoms with Gasteiger partial charge < -0.3 is 10.6 Å². The molecule has 1 aromatic heterocycles. The molecule has 1 heterocycles. The molecule has 0 saturated heterocycles. The Morgan fingerprint density at radius 3 is 1.49 bits per heavy atom. The molecule has 0 amide bonds. The predicted molar refractivity (Wildman–Crippen MR) is 166 cm³/mol. The van der Waals surface area contributed by atoms with Gasteiger partial charge in [-0.2, -0.15) is 0 Å². The third-order valence-corrected chi connectivity index (χ3v) is 9.22. The van der Waals surface area contributed by atoms with Gasteiger partial charge >= 0.3 is 0 Å². The Hall–Kier alpha value is -2.26. The van der Waals surface area contributed by atoms with E-state index >= 15 is 0 Å². The largest absolute Gasteiger partial charge is 0.353 e. The van der Waals surface area contributed by atoms with Crippen molar-refractivity contribution in [3.8, 4) is 0 Å². The maximum atomic E-state index is 4.01. The quantitative estimate of drug-likeness (QED) is 0.295. The van der Waals surface area contributed by atoms with Crippen LogP contribution < -0.4 is 10.6 Å². The number of anilines is 4. The first-order valence-corrected chi connectivity index (χ1v) is 15.4. The molecule has 200 valence electrons. The van der Waals surface area contributed by atoms with Crippen molar-refractivity contribution in [3.05, 3.63) is 69.6 Å². The highest BCUT2D eigenvalue weighted by Crippen LogP contribution is 2.47. The molecule has 1 fully saturated rings.